The van der Waals surface area contributed by atoms with Crippen LogP contribution in [0.2, 0.25) is 0 Å². The Morgan fingerprint density at radius 1 is 1.24 bits per heavy atom. The molecule has 2 saturated carbocycles. The summed E-state index contributed by atoms with van der Waals surface area (Å²) in [4.78, 5) is 17.5. The van der Waals surface area contributed by atoms with Gasteiger partial charge in [-0.3, -0.25) is 9.69 Å². The highest BCUT2D eigenvalue weighted by molar-refractivity contribution is 5.76. The maximum absolute atomic E-state index is 13.1. The van der Waals surface area contributed by atoms with Gasteiger partial charge in [-0.05, 0) is 69.0 Å². The molecule has 1 saturated heterocycles. The van der Waals surface area contributed by atoms with Gasteiger partial charge in [0, 0.05) is 31.6 Å². The van der Waals surface area contributed by atoms with Gasteiger partial charge in [0.05, 0.1) is 17.1 Å². The minimum absolute atomic E-state index is 0.0763. The average Bonchev–Trinajstić information content (AvgIpc) is 3.54. The van der Waals surface area contributed by atoms with Crippen LogP contribution in [0.15, 0.2) is 12.1 Å². The van der Waals surface area contributed by atoms with E-state index in [1.165, 1.54) is 18.4 Å². The molecule has 2 aliphatic heterocycles. The zero-order chi connectivity index (χ0) is 23.0. The molecule has 0 radical (unpaired) electrons. The quantitative estimate of drug-likeness (QED) is 0.618. The number of phenolic OH excluding ortho intramolecular Hbond substituents is 1. The van der Waals surface area contributed by atoms with Crippen molar-refractivity contribution in [2.75, 3.05) is 20.1 Å². The minimum Gasteiger partial charge on any atom is -0.504 e. The molecule has 2 heterocycles. The van der Waals surface area contributed by atoms with Crippen LogP contribution in [0.5, 0.6) is 11.5 Å². The van der Waals surface area contributed by atoms with Crippen LogP contribution in [0, 0.1) is 5.92 Å². The monoisotopic (exact) mass is 454 g/mol. The highest BCUT2D eigenvalue weighted by atomic mass is 16.5. The lowest BCUT2D eigenvalue weighted by Crippen LogP contribution is -2.78. The lowest BCUT2D eigenvalue weighted by Gasteiger charge is -2.64. The van der Waals surface area contributed by atoms with Crippen molar-refractivity contribution < 1.29 is 19.7 Å². The number of rotatable bonds is 7. The number of ether oxygens (including phenoxy) is 1. The van der Waals surface area contributed by atoms with Gasteiger partial charge in [-0.15, -0.1) is 0 Å². The van der Waals surface area contributed by atoms with Crippen LogP contribution in [0.25, 0.3) is 0 Å². The minimum atomic E-state index is -0.889. The van der Waals surface area contributed by atoms with Crippen molar-refractivity contribution in [3.63, 3.8) is 0 Å². The van der Waals surface area contributed by atoms with E-state index in [0.29, 0.717) is 18.6 Å². The molecule has 3 aliphatic carbocycles. The number of aromatic hydroxyl groups is 1. The molecule has 1 spiro atoms. The van der Waals surface area contributed by atoms with Crippen LogP contribution < -0.4 is 4.74 Å². The number of aliphatic hydroxyl groups is 1. The lowest BCUT2D eigenvalue weighted by atomic mass is 9.48. The predicted octanol–water partition coefficient (Wildman–Crippen LogP) is 3.36. The van der Waals surface area contributed by atoms with Crippen molar-refractivity contribution in [2.45, 2.75) is 100 Å². The fourth-order valence-corrected chi connectivity index (χ4v) is 7.74. The number of likely N-dealkylation sites (N-methyl/N-ethyl adjacent to an activating group) is 1. The predicted molar refractivity (Wildman–Crippen MR) is 125 cm³/mol. The number of nitrogens with zero attached hydrogens (tertiary/aromatic N) is 2. The molecule has 6 rings (SSSR count). The number of carbonyl (C=O) groups is 1. The molecule has 6 nitrogen and oxygen atoms in total. The summed E-state index contributed by atoms with van der Waals surface area (Å²) in [6.45, 7) is 4.17. The third-order valence-electron chi connectivity index (χ3n) is 9.62. The smallest absolute Gasteiger partial charge is 0.222 e. The van der Waals surface area contributed by atoms with Gasteiger partial charge in [0.25, 0.3) is 0 Å². The molecule has 6 heteroatoms. The van der Waals surface area contributed by atoms with Crippen LogP contribution in [0.3, 0.4) is 0 Å². The molecular weight excluding hydrogens is 416 g/mol. The molecule has 3 fully saturated rings. The molecule has 0 unspecified atom stereocenters. The summed E-state index contributed by atoms with van der Waals surface area (Å²) in [6.07, 6.45) is 8.96. The van der Waals surface area contributed by atoms with Gasteiger partial charge in [0.2, 0.25) is 5.91 Å². The summed E-state index contributed by atoms with van der Waals surface area (Å²) < 4.78 is 6.59. The number of piperidine rings is 1. The molecule has 5 aliphatic rings. The fraction of sp³-hybridized carbons (Fsp3) is 0.741. The Morgan fingerprint density at radius 2 is 2.06 bits per heavy atom. The van der Waals surface area contributed by atoms with Crippen LogP contribution >= 0.6 is 0 Å². The van der Waals surface area contributed by atoms with Gasteiger partial charge >= 0.3 is 0 Å². The SMILES string of the molecule is CCCCCC(=O)N(C)[C@H]1CC[C@@]2(O)[C@H]3Cc4ccc(O)c5c4[C@@]2(CCN3CC2CC2)[C@H]1O5. The summed E-state index contributed by atoms with van der Waals surface area (Å²) >= 11 is 0. The van der Waals surface area contributed by atoms with Gasteiger partial charge < -0.3 is 19.8 Å². The molecule has 0 aromatic heterocycles. The van der Waals surface area contributed by atoms with Gasteiger partial charge in [0.15, 0.2) is 11.5 Å². The lowest BCUT2D eigenvalue weighted by molar-refractivity contribution is -0.200. The molecule has 1 amide bonds. The number of benzene rings is 1. The Labute approximate surface area is 196 Å². The number of unbranched alkanes of at least 4 members (excludes halogenated alkanes) is 2. The molecule has 33 heavy (non-hydrogen) atoms. The van der Waals surface area contributed by atoms with E-state index in [1.807, 2.05) is 18.0 Å². The van der Waals surface area contributed by atoms with E-state index in [9.17, 15) is 15.0 Å². The van der Waals surface area contributed by atoms with Crippen LogP contribution in [-0.4, -0.2) is 69.8 Å². The Bertz CT molecular complexity index is 962. The number of hydrogen-bond donors (Lipinski definition) is 2. The first-order chi connectivity index (χ1) is 15.9. The van der Waals surface area contributed by atoms with Gasteiger partial charge in [-0.25, -0.2) is 0 Å². The maximum atomic E-state index is 13.1. The van der Waals surface area contributed by atoms with E-state index < -0.39 is 11.0 Å². The first kappa shape index (κ1) is 21.7. The zero-order valence-electron chi connectivity index (χ0n) is 20.1. The van der Waals surface area contributed by atoms with Crippen molar-refractivity contribution in [2.24, 2.45) is 5.92 Å². The van der Waals surface area contributed by atoms with Crippen LogP contribution in [0.4, 0.5) is 0 Å². The van der Waals surface area contributed by atoms with E-state index >= 15 is 0 Å². The van der Waals surface area contributed by atoms with Crippen LogP contribution in [-0.2, 0) is 16.6 Å². The average molecular weight is 455 g/mol. The van der Waals surface area contributed by atoms with E-state index in [4.69, 9.17) is 4.74 Å². The molecule has 1 aromatic carbocycles. The number of carbonyl (C=O) groups excluding carboxylic acids is 1. The van der Waals surface area contributed by atoms with Crippen molar-refractivity contribution in [1.29, 1.82) is 0 Å². The Balaban J connectivity index is 1.39. The zero-order valence-corrected chi connectivity index (χ0v) is 20.1. The highest BCUT2D eigenvalue weighted by Gasteiger charge is 2.73. The summed E-state index contributed by atoms with van der Waals surface area (Å²) in [5, 5.41) is 23.3. The second-order valence-corrected chi connectivity index (χ2v) is 11.4. The largest absolute Gasteiger partial charge is 0.504 e. The van der Waals surface area contributed by atoms with E-state index in [0.717, 1.165) is 63.1 Å². The first-order valence-electron chi connectivity index (χ1n) is 13.1. The molecule has 1 aromatic rings. The standard InChI is InChI=1S/C27H38N2O4/c1-3-4-5-6-22(31)28(2)19-11-12-27(32)21-15-18-9-10-20(30)24-23(18)26(27,25(19)33-24)13-14-29(21)16-17-7-8-17/h9-10,17,19,21,25,30,32H,3-8,11-16H2,1-2H3/t19-,21+,25-,26-,27+/m0/s1. The Hall–Kier alpha value is -1.79. The third kappa shape index (κ3) is 2.95. The summed E-state index contributed by atoms with van der Waals surface area (Å²) in [6, 6.07) is 3.78. The Kier molecular flexibility index (Phi) is 5.01. The van der Waals surface area contributed by atoms with E-state index in [-0.39, 0.29) is 29.8 Å². The normalized spacial score (nSPS) is 36.3. The van der Waals surface area contributed by atoms with Crippen molar-refractivity contribution in [3.05, 3.63) is 23.3 Å². The van der Waals surface area contributed by atoms with Gasteiger partial charge in [-0.2, -0.15) is 0 Å². The summed E-state index contributed by atoms with van der Waals surface area (Å²) in [5.74, 6) is 1.66. The second-order valence-electron chi connectivity index (χ2n) is 11.4. The maximum Gasteiger partial charge on any atom is 0.222 e. The number of likely N-dealkylation sites (tertiary alicyclic amines) is 1. The number of amides is 1. The topological polar surface area (TPSA) is 73.2 Å². The molecule has 2 N–H and O–H groups in total. The second kappa shape index (κ2) is 7.61. The van der Waals surface area contributed by atoms with Crippen molar-refractivity contribution in [3.8, 4) is 11.5 Å². The molecular formula is C27H38N2O4. The third-order valence-corrected chi connectivity index (χ3v) is 9.62. The summed E-state index contributed by atoms with van der Waals surface area (Å²) in [7, 11) is 1.91. The number of hydrogen-bond acceptors (Lipinski definition) is 5. The summed E-state index contributed by atoms with van der Waals surface area (Å²) in [5.41, 5.74) is 0.798. The molecule has 180 valence electrons. The van der Waals surface area contributed by atoms with Crippen molar-refractivity contribution >= 4 is 5.91 Å². The van der Waals surface area contributed by atoms with E-state index in [1.54, 1.807) is 6.07 Å². The van der Waals surface area contributed by atoms with Gasteiger partial charge in [0.1, 0.15) is 6.10 Å². The molecule has 5 atom stereocenters. The van der Waals surface area contributed by atoms with Crippen LogP contribution in [0.1, 0.15) is 75.8 Å². The Morgan fingerprint density at radius 3 is 2.82 bits per heavy atom. The first-order valence-corrected chi connectivity index (χ1v) is 13.1. The molecule has 2 bridgehead atoms. The highest BCUT2D eigenvalue weighted by Crippen LogP contribution is 2.66. The van der Waals surface area contributed by atoms with E-state index in [2.05, 4.69) is 11.8 Å². The van der Waals surface area contributed by atoms with Crippen molar-refractivity contribution in [1.82, 2.24) is 9.80 Å². The van der Waals surface area contributed by atoms with Gasteiger partial charge in [-0.1, -0.05) is 25.8 Å². The fourth-order valence-electron chi connectivity index (χ4n) is 7.74. The number of phenols is 1.